The monoisotopic (exact) mass is 390 g/mol. The quantitative estimate of drug-likeness (QED) is 0.819. The lowest BCUT2D eigenvalue weighted by Gasteiger charge is -2.43. The van der Waals surface area contributed by atoms with Gasteiger partial charge in [-0.25, -0.2) is 0 Å². The number of piperidine rings is 2. The van der Waals surface area contributed by atoms with Crippen LogP contribution in [0.3, 0.4) is 0 Å². The molecule has 0 aliphatic carbocycles. The second kappa shape index (κ2) is 7.99. The van der Waals surface area contributed by atoms with E-state index in [2.05, 4.69) is 4.90 Å². The van der Waals surface area contributed by atoms with Crippen LogP contribution in [0.2, 0.25) is 0 Å². The van der Waals surface area contributed by atoms with Gasteiger partial charge in [-0.1, -0.05) is 12.1 Å². The summed E-state index contributed by atoms with van der Waals surface area (Å²) in [6.07, 6.45) is 2.88. The summed E-state index contributed by atoms with van der Waals surface area (Å²) in [5.74, 6) is 0.166. The highest BCUT2D eigenvalue weighted by Gasteiger charge is 2.46. The lowest BCUT2D eigenvalue weighted by atomic mass is 9.89. The molecule has 1 spiro atoms. The summed E-state index contributed by atoms with van der Waals surface area (Å²) >= 11 is 0. The van der Waals surface area contributed by atoms with Crippen LogP contribution in [0, 0.1) is 0 Å². The number of hydrogen-bond acceptors (Lipinski definition) is 6. The minimum absolute atomic E-state index is 0.171. The number of β-amino-alcohol motifs (C(OH)–C–C–N with tert-alkyl or cyclic N) is 1. The number of hydrogen-bond donors (Lipinski definition) is 1. The van der Waals surface area contributed by atoms with Gasteiger partial charge >= 0.3 is 0 Å². The Balaban J connectivity index is 1.37. The Labute approximate surface area is 166 Å². The smallest absolute Gasteiger partial charge is 0.256 e. The number of ether oxygens (including phenoxy) is 3. The fraction of sp³-hybridized carbons (Fsp3) is 0.667. The summed E-state index contributed by atoms with van der Waals surface area (Å²) < 4.78 is 16.8. The summed E-state index contributed by atoms with van der Waals surface area (Å²) in [5, 5.41) is 11.2. The van der Waals surface area contributed by atoms with Crippen molar-refractivity contribution in [3.63, 3.8) is 0 Å². The average Bonchev–Trinajstić information content (AvgIpc) is 3.16. The van der Waals surface area contributed by atoms with Gasteiger partial charge in [0.15, 0.2) is 11.4 Å². The number of amides is 1. The fourth-order valence-electron chi connectivity index (χ4n) is 4.56. The number of carbonyl (C=O) groups is 1. The Morgan fingerprint density at radius 2 is 1.89 bits per heavy atom. The van der Waals surface area contributed by atoms with Gasteiger partial charge in [0, 0.05) is 45.6 Å². The Bertz CT molecular complexity index is 696. The second-order valence-electron chi connectivity index (χ2n) is 8.10. The third kappa shape index (κ3) is 4.03. The molecular formula is C21H30N2O5. The van der Waals surface area contributed by atoms with Crippen molar-refractivity contribution < 1.29 is 24.1 Å². The minimum atomic E-state index is -1.32. The van der Waals surface area contributed by atoms with Gasteiger partial charge in [-0.05, 0) is 30.5 Å². The van der Waals surface area contributed by atoms with Crippen LogP contribution >= 0.6 is 0 Å². The van der Waals surface area contributed by atoms with E-state index >= 15 is 0 Å². The lowest BCUT2D eigenvalue weighted by molar-refractivity contribution is -0.191. The van der Waals surface area contributed by atoms with Crippen molar-refractivity contribution in [3.05, 3.63) is 29.8 Å². The summed E-state index contributed by atoms with van der Waals surface area (Å²) in [6.45, 7) is 4.38. The van der Waals surface area contributed by atoms with Crippen LogP contribution in [0.25, 0.3) is 0 Å². The molecule has 3 heterocycles. The van der Waals surface area contributed by atoms with E-state index in [0.717, 1.165) is 43.7 Å². The summed E-state index contributed by atoms with van der Waals surface area (Å²) in [6, 6.07) is 7.73. The highest BCUT2D eigenvalue weighted by atomic mass is 16.7. The molecule has 0 radical (unpaired) electrons. The number of likely N-dealkylation sites (tertiary alicyclic amines) is 2. The number of carbonyl (C=O) groups excluding carboxylic acids is 1. The van der Waals surface area contributed by atoms with E-state index < -0.39 is 11.4 Å². The van der Waals surface area contributed by atoms with E-state index in [1.165, 1.54) is 0 Å². The van der Waals surface area contributed by atoms with Gasteiger partial charge in [-0.15, -0.1) is 0 Å². The first-order chi connectivity index (χ1) is 13.5. The summed E-state index contributed by atoms with van der Waals surface area (Å²) in [7, 11) is 1.63. The van der Waals surface area contributed by atoms with Crippen molar-refractivity contribution in [2.24, 2.45) is 0 Å². The van der Waals surface area contributed by atoms with Gasteiger partial charge in [0.1, 0.15) is 5.75 Å². The van der Waals surface area contributed by atoms with Crippen LogP contribution in [0.15, 0.2) is 24.3 Å². The molecule has 1 aromatic carbocycles. The van der Waals surface area contributed by atoms with Crippen molar-refractivity contribution in [3.8, 4) is 5.75 Å². The minimum Gasteiger partial charge on any atom is -0.497 e. The van der Waals surface area contributed by atoms with Gasteiger partial charge in [-0.2, -0.15) is 0 Å². The summed E-state index contributed by atoms with van der Waals surface area (Å²) in [5.41, 5.74) is -0.314. The van der Waals surface area contributed by atoms with E-state index in [1.54, 1.807) is 12.0 Å². The normalized spacial score (nSPS) is 28.1. The molecule has 0 saturated carbocycles. The van der Waals surface area contributed by atoms with Crippen LogP contribution < -0.4 is 4.74 Å². The molecule has 0 bridgehead atoms. The summed E-state index contributed by atoms with van der Waals surface area (Å²) in [4.78, 5) is 17.0. The predicted octanol–water partition coefficient (Wildman–Crippen LogP) is 1.39. The van der Waals surface area contributed by atoms with Gasteiger partial charge in [0.2, 0.25) is 0 Å². The van der Waals surface area contributed by atoms with Crippen LogP contribution in [0.5, 0.6) is 5.75 Å². The standard InChI is InChI=1S/C21H30N2O5/c1-26-18-5-2-4-17(14-18)15-23-9-3-6-20(25,19(23)24)16-22-10-7-21(8-11-22)27-12-13-28-21/h2,4-5,14,25H,3,6-13,15-16H2,1H3. The highest BCUT2D eigenvalue weighted by molar-refractivity contribution is 5.86. The van der Waals surface area contributed by atoms with Gasteiger partial charge in [0.05, 0.1) is 20.3 Å². The van der Waals surface area contributed by atoms with Crippen LogP contribution in [-0.4, -0.2) is 78.7 Å². The van der Waals surface area contributed by atoms with E-state index in [4.69, 9.17) is 14.2 Å². The first-order valence-corrected chi connectivity index (χ1v) is 10.2. The van der Waals surface area contributed by atoms with Crippen molar-refractivity contribution in [2.75, 3.05) is 46.5 Å². The first-order valence-electron chi connectivity index (χ1n) is 10.2. The molecule has 4 rings (SSSR count). The Morgan fingerprint density at radius 1 is 1.14 bits per heavy atom. The SMILES string of the molecule is COc1cccc(CN2CCCC(O)(CN3CCC4(CC3)OCCO4)C2=O)c1. The van der Waals surface area contributed by atoms with Crippen LogP contribution in [0.4, 0.5) is 0 Å². The first kappa shape index (κ1) is 19.6. The molecule has 3 aliphatic heterocycles. The van der Waals surface area contributed by atoms with E-state index in [9.17, 15) is 9.90 Å². The molecule has 0 aromatic heterocycles. The van der Waals surface area contributed by atoms with Crippen molar-refractivity contribution in [2.45, 2.75) is 43.6 Å². The van der Waals surface area contributed by atoms with Crippen LogP contribution in [-0.2, 0) is 20.8 Å². The van der Waals surface area contributed by atoms with Crippen molar-refractivity contribution in [1.82, 2.24) is 9.80 Å². The molecule has 154 valence electrons. The molecule has 28 heavy (non-hydrogen) atoms. The van der Waals surface area contributed by atoms with Gasteiger partial charge < -0.3 is 24.2 Å². The third-order valence-electron chi connectivity index (χ3n) is 6.13. The van der Waals surface area contributed by atoms with E-state index in [1.807, 2.05) is 24.3 Å². The molecule has 1 amide bonds. The van der Waals surface area contributed by atoms with Gasteiger partial charge in [-0.3, -0.25) is 9.69 Å². The largest absolute Gasteiger partial charge is 0.497 e. The highest BCUT2D eigenvalue weighted by Crippen LogP contribution is 2.33. The number of rotatable bonds is 5. The van der Waals surface area contributed by atoms with E-state index in [-0.39, 0.29) is 5.91 Å². The Kier molecular flexibility index (Phi) is 5.60. The molecule has 1 N–H and O–H groups in total. The van der Waals surface area contributed by atoms with Crippen molar-refractivity contribution >= 4 is 5.91 Å². The molecule has 1 unspecified atom stereocenters. The molecule has 1 aromatic rings. The maximum Gasteiger partial charge on any atom is 0.256 e. The Hall–Kier alpha value is -1.67. The molecule has 1 atom stereocenters. The van der Waals surface area contributed by atoms with Gasteiger partial charge in [0.25, 0.3) is 5.91 Å². The zero-order valence-electron chi connectivity index (χ0n) is 16.6. The average molecular weight is 390 g/mol. The molecule has 7 heteroatoms. The zero-order valence-corrected chi connectivity index (χ0v) is 16.6. The fourth-order valence-corrected chi connectivity index (χ4v) is 4.56. The Morgan fingerprint density at radius 3 is 2.61 bits per heavy atom. The molecule has 3 aliphatic rings. The van der Waals surface area contributed by atoms with Crippen LogP contribution in [0.1, 0.15) is 31.2 Å². The molecule has 3 saturated heterocycles. The zero-order chi connectivity index (χ0) is 19.6. The predicted molar refractivity (Wildman–Crippen MR) is 103 cm³/mol. The number of nitrogens with zero attached hydrogens (tertiary/aromatic N) is 2. The maximum atomic E-state index is 13.1. The molecule has 7 nitrogen and oxygen atoms in total. The van der Waals surface area contributed by atoms with E-state index in [0.29, 0.717) is 39.3 Å². The number of aliphatic hydroxyl groups is 1. The maximum absolute atomic E-state index is 13.1. The topological polar surface area (TPSA) is 71.5 Å². The third-order valence-corrected chi connectivity index (χ3v) is 6.13. The molecule has 3 fully saturated rings. The molecular weight excluding hydrogens is 360 g/mol. The number of benzene rings is 1. The lowest BCUT2D eigenvalue weighted by Crippen LogP contribution is -2.59. The second-order valence-corrected chi connectivity index (χ2v) is 8.10. The number of methoxy groups -OCH3 is 1. The van der Waals surface area contributed by atoms with Crippen molar-refractivity contribution in [1.29, 1.82) is 0 Å².